The molecule has 0 aliphatic heterocycles. The predicted octanol–water partition coefficient (Wildman–Crippen LogP) is 12.2. The van der Waals surface area contributed by atoms with Crippen LogP contribution in [0.3, 0.4) is 0 Å². The highest BCUT2D eigenvalue weighted by Crippen LogP contribution is 2.39. The fourth-order valence-corrected chi connectivity index (χ4v) is 6.01. The van der Waals surface area contributed by atoms with Crippen LogP contribution in [-0.4, -0.2) is 23.2 Å². The zero-order valence-electron chi connectivity index (χ0n) is 25.7. The molecule has 0 saturated carbocycles. The van der Waals surface area contributed by atoms with Gasteiger partial charge in [0.2, 0.25) is 0 Å². The van der Waals surface area contributed by atoms with Crippen LogP contribution in [0.4, 0.5) is 8.78 Å². The highest BCUT2D eigenvalue weighted by Gasteiger charge is 2.23. The number of fused-ring (bicyclic) bond motifs is 1. The fourth-order valence-electron chi connectivity index (χ4n) is 5.11. The van der Waals surface area contributed by atoms with Gasteiger partial charge in [-0.25, -0.2) is 18.7 Å². The Kier molecular flexibility index (Phi) is 13.9. The van der Waals surface area contributed by atoms with E-state index in [2.05, 4.69) is 45.7 Å². The SMILES string of the molecule is CCCCCCCCOc1ccc(-c2nc3c(Br)c(F)c(F)c(Br)c3nc2-c2ccc(OCCCCCCCC)cc2)cc1. The molecule has 0 atom stereocenters. The van der Waals surface area contributed by atoms with Crippen molar-refractivity contribution in [2.24, 2.45) is 0 Å². The lowest BCUT2D eigenvalue weighted by Gasteiger charge is -2.14. The van der Waals surface area contributed by atoms with E-state index < -0.39 is 11.6 Å². The Morgan fingerprint density at radius 2 is 0.864 bits per heavy atom. The van der Waals surface area contributed by atoms with Gasteiger partial charge in [-0.1, -0.05) is 78.1 Å². The van der Waals surface area contributed by atoms with Crippen LogP contribution in [0.2, 0.25) is 0 Å². The highest BCUT2D eigenvalue weighted by atomic mass is 79.9. The van der Waals surface area contributed by atoms with Crippen molar-refractivity contribution in [1.29, 1.82) is 0 Å². The first-order valence-electron chi connectivity index (χ1n) is 15.9. The van der Waals surface area contributed by atoms with E-state index in [1.54, 1.807) is 0 Å². The minimum absolute atomic E-state index is 0.0640. The molecule has 8 heteroatoms. The summed E-state index contributed by atoms with van der Waals surface area (Å²) < 4.78 is 41.2. The molecule has 0 amide bonds. The molecule has 0 aliphatic rings. The Bertz CT molecular complexity index is 1370. The Morgan fingerprint density at radius 1 is 0.523 bits per heavy atom. The summed E-state index contributed by atoms with van der Waals surface area (Å²) in [6.45, 7) is 5.79. The summed E-state index contributed by atoms with van der Waals surface area (Å²) in [6, 6.07) is 15.4. The first kappa shape index (κ1) is 34.3. The molecule has 0 fully saturated rings. The Morgan fingerprint density at radius 3 is 1.23 bits per heavy atom. The van der Waals surface area contributed by atoms with Crippen LogP contribution in [0.25, 0.3) is 33.5 Å². The zero-order valence-corrected chi connectivity index (χ0v) is 28.9. The summed E-state index contributed by atoms with van der Waals surface area (Å²) in [4.78, 5) is 9.64. The second-order valence-corrected chi connectivity index (χ2v) is 12.7. The fraction of sp³-hybridized carbons (Fsp3) is 0.444. The number of hydrogen-bond acceptors (Lipinski definition) is 4. The minimum Gasteiger partial charge on any atom is -0.494 e. The topological polar surface area (TPSA) is 44.2 Å². The summed E-state index contributed by atoms with van der Waals surface area (Å²) >= 11 is 6.40. The van der Waals surface area contributed by atoms with E-state index in [-0.39, 0.29) is 20.0 Å². The van der Waals surface area contributed by atoms with Gasteiger partial charge < -0.3 is 9.47 Å². The molecular weight excluding hydrogens is 690 g/mol. The van der Waals surface area contributed by atoms with Gasteiger partial charge in [-0.2, -0.15) is 0 Å². The molecule has 236 valence electrons. The highest BCUT2D eigenvalue weighted by molar-refractivity contribution is 9.11. The molecule has 0 N–H and O–H groups in total. The smallest absolute Gasteiger partial charge is 0.176 e. The third-order valence-electron chi connectivity index (χ3n) is 7.68. The molecule has 4 aromatic rings. The van der Waals surface area contributed by atoms with Gasteiger partial charge in [0.1, 0.15) is 22.5 Å². The number of unbranched alkanes of at least 4 members (excludes halogenated alkanes) is 10. The quantitative estimate of drug-likeness (QED) is 0.0580. The molecule has 44 heavy (non-hydrogen) atoms. The van der Waals surface area contributed by atoms with Crippen molar-refractivity contribution < 1.29 is 18.3 Å². The van der Waals surface area contributed by atoms with Crippen molar-refractivity contribution in [3.63, 3.8) is 0 Å². The molecule has 3 aromatic carbocycles. The molecule has 1 heterocycles. The van der Waals surface area contributed by atoms with E-state index in [0.717, 1.165) is 35.5 Å². The molecule has 0 saturated heterocycles. The summed E-state index contributed by atoms with van der Waals surface area (Å²) in [5.74, 6) is -0.464. The molecule has 0 aliphatic carbocycles. The van der Waals surface area contributed by atoms with Gasteiger partial charge in [0.15, 0.2) is 11.6 Å². The average Bonchev–Trinajstić information content (AvgIpc) is 3.05. The van der Waals surface area contributed by atoms with Crippen LogP contribution in [0.5, 0.6) is 11.5 Å². The van der Waals surface area contributed by atoms with Gasteiger partial charge >= 0.3 is 0 Å². The van der Waals surface area contributed by atoms with Crippen LogP contribution >= 0.6 is 31.9 Å². The number of nitrogens with zero attached hydrogens (tertiary/aromatic N) is 2. The molecule has 0 bridgehead atoms. The lowest BCUT2D eigenvalue weighted by atomic mass is 10.0. The predicted molar refractivity (Wildman–Crippen MR) is 183 cm³/mol. The maximum absolute atomic E-state index is 14.7. The lowest BCUT2D eigenvalue weighted by Crippen LogP contribution is -2.01. The monoisotopic (exact) mass is 730 g/mol. The van der Waals surface area contributed by atoms with Crippen LogP contribution in [0, 0.1) is 11.6 Å². The lowest BCUT2D eigenvalue weighted by molar-refractivity contribution is 0.304. The molecule has 4 nitrogen and oxygen atoms in total. The van der Waals surface area contributed by atoms with Gasteiger partial charge in [0.05, 0.1) is 33.5 Å². The van der Waals surface area contributed by atoms with Crippen LogP contribution in [0.1, 0.15) is 90.9 Å². The second-order valence-electron chi connectivity index (χ2n) is 11.2. The number of halogens is 4. The van der Waals surface area contributed by atoms with E-state index in [4.69, 9.17) is 19.4 Å². The summed E-state index contributed by atoms with van der Waals surface area (Å²) in [6.07, 6.45) is 14.5. The normalized spacial score (nSPS) is 11.3. The molecule has 0 spiro atoms. The number of ether oxygens (including phenoxy) is 2. The molecular formula is C36H42Br2F2N2O2. The van der Waals surface area contributed by atoms with Crippen molar-refractivity contribution in [2.75, 3.05) is 13.2 Å². The number of benzene rings is 3. The first-order chi connectivity index (χ1) is 21.4. The second kappa shape index (κ2) is 17.8. The van der Waals surface area contributed by atoms with E-state index in [1.165, 1.54) is 64.2 Å². The zero-order chi connectivity index (χ0) is 31.3. The summed E-state index contributed by atoms with van der Waals surface area (Å²) in [5.41, 5.74) is 3.15. The van der Waals surface area contributed by atoms with Crippen LogP contribution in [-0.2, 0) is 0 Å². The number of aromatic nitrogens is 2. The van der Waals surface area contributed by atoms with Gasteiger partial charge in [-0.3, -0.25) is 0 Å². The molecule has 0 radical (unpaired) electrons. The van der Waals surface area contributed by atoms with E-state index >= 15 is 0 Å². The van der Waals surface area contributed by atoms with Crippen molar-refractivity contribution in [3.8, 4) is 34.0 Å². The van der Waals surface area contributed by atoms with Gasteiger partial charge in [-0.05, 0) is 93.2 Å². The van der Waals surface area contributed by atoms with E-state index in [9.17, 15) is 8.78 Å². The van der Waals surface area contributed by atoms with Crippen molar-refractivity contribution in [1.82, 2.24) is 9.97 Å². The third-order valence-corrected chi connectivity index (χ3v) is 9.13. The maximum atomic E-state index is 14.7. The standard InChI is InChI=1S/C36H42Br2F2N2O2/c1-3-5-7-9-11-13-23-43-27-19-15-25(16-20-27)33-34(42-36-30(38)32(40)31(39)29(37)35(36)41-33)26-17-21-28(22-18-26)44-24-14-12-10-8-6-4-2/h15-22H,3-14,23-24H2,1-2H3. The maximum Gasteiger partial charge on any atom is 0.176 e. The van der Waals surface area contributed by atoms with Crippen LogP contribution in [0.15, 0.2) is 57.5 Å². The Labute approximate surface area is 277 Å². The van der Waals surface area contributed by atoms with Crippen molar-refractivity contribution in [3.05, 3.63) is 69.1 Å². The van der Waals surface area contributed by atoms with Crippen molar-refractivity contribution in [2.45, 2.75) is 90.9 Å². The van der Waals surface area contributed by atoms with E-state index in [1.807, 2.05) is 48.5 Å². The molecule has 1 aromatic heterocycles. The largest absolute Gasteiger partial charge is 0.494 e. The number of hydrogen-bond donors (Lipinski definition) is 0. The minimum atomic E-state index is -1.01. The molecule has 0 unspecified atom stereocenters. The third kappa shape index (κ3) is 9.23. The summed E-state index contributed by atoms with van der Waals surface area (Å²) in [5, 5.41) is 0. The first-order valence-corrected chi connectivity index (χ1v) is 17.5. The van der Waals surface area contributed by atoms with Gasteiger partial charge in [0, 0.05) is 11.1 Å². The molecule has 4 rings (SSSR count). The Hall–Kier alpha value is -2.58. The van der Waals surface area contributed by atoms with E-state index in [0.29, 0.717) is 24.6 Å². The average molecular weight is 733 g/mol. The van der Waals surface area contributed by atoms with Gasteiger partial charge in [-0.15, -0.1) is 0 Å². The van der Waals surface area contributed by atoms with Crippen LogP contribution < -0.4 is 9.47 Å². The van der Waals surface area contributed by atoms with Crippen molar-refractivity contribution >= 4 is 42.9 Å². The number of rotatable bonds is 18. The van der Waals surface area contributed by atoms with Gasteiger partial charge in [0.25, 0.3) is 0 Å². The summed E-state index contributed by atoms with van der Waals surface area (Å²) in [7, 11) is 0. The Balaban J connectivity index is 1.55.